The zero-order valence-electron chi connectivity index (χ0n) is 15.1. The van der Waals surface area contributed by atoms with Gasteiger partial charge in [-0.05, 0) is 50.7 Å². The molecule has 0 unspecified atom stereocenters. The van der Waals surface area contributed by atoms with E-state index in [0.717, 1.165) is 5.56 Å². The summed E-state index contributed by atoms with van der Waals surface area (Å²) in [6.07, 6.45) is 0. The van der Waals surface area contributed by atoms with Crippen molar-refractivity contribution in [1.82, 2.24) is 4.90 Å². The maximum Gasteiger partial charge on any atom is 0.250 e. The van der Waals surface area contributed by atoms with E-state index < -0.39 is 5.54 Å². The molecule has 1 aliphatic heterocycles. The molecule has 2 amide bonds. The van der Waals surface area contributed by atoms with E-state index >= 15 is 0 Å². The molecule has 2 aromatic carbocycles. The Hall–Kier alpha value is -2.73. The molecular formula is C20H22FN3O2. The van der Waals surface area contributed by atoms with Crippen LogP contribution in [0.5, 0.6) is 0 Å². The summed E-state index contributed by atoms with van der Waals surface area (Å²) in [5, 5.41) is 2.85. The van der Waals surface area contributed by atoms with Crippen molar-refractivity contribution in [2.75, 3.05) is 23.8 Å². The third-order valence-corrected chi connectivity index (χ3v) is 4.53. The standard InChI is InChI=1S/C20H22FN3O2/c1-20(2)19(26)22-16-6-4-5-7-17(16)24(20)18(25)13-23(3)12-14-8-10-15(21)11-9-14/h4-11H,12-13H2,1-3H3,(H,22,26). The van der Waals surface area contributed by atoms with E-state index in [2.05, 4.69) is 5.32 Å². The Morgan fingerprint density at radius 1 is 1.15 bits per heavy atom. The number of benzene rings is 2. The van der Waals surface area contributed by atoms with Crippen LogP contribution < -0.4 is 10.2 Å². The van der Waals surface area contributed by atoms with E-state index in [1.807, 2.05) is 30.1 Å². The van der Waals surface area contributed by atoms with Crippen molar-refractivity contribution in [3.05, 3.63) is 59.9 Å². The van der Waals surface area contributed by atoms with Crippen LogP contribution in [0.4, 0.5) is 15.8 Å². The molecule has 5 nitrogen and oxygen atoms in total. The summed E-state index contributed by atoms with van der Waals surface area (Å²) >= 11 is 0. The summed E-state index contributed by atoms with van der Waals surface area (Å²) in [4.78, 5) is 28.9. The van der Waals surface area contributed by atoms with Crippen LogP contribution in [0.15, 0.2) is 48.5 Å². The van der Waals surface area contributed by atoms with Crippen LogP contribution >= 0.6 is 0 Å². The lowest BCUT2D eigenvalue weighted by Gasteiger charge is -2.42. The third-order valence-electron chi connectivity index (χ3n) is 4.53. The number of amides is 2. The van der Waals surface area contributed by atoms with Crippen molar-refractivity contribution in [3.8, 4) is 0 Å². The Bertz CT molecular complexity index is 833. The number of hydrogen-bond acceptors (Lipinski definition) is 3. The second-order valence-electron chi connectivity index (χ2n) is 7.06. The topological polar surface area (TPSA) is 52.7 Å². The average molecular weight is 355 g/mol. The molecule has 6 heteroatoms. The lowest BCUT2D eigenvalue weighted by Crippen LogP contribution is -2.60. The SMILES string of the molecule is CN(CC(=O)N1c2ccccc2NC(=O)C1(C)C)Cc1ccc(F)cc1. The van der Waals surface area contributed by atoms with Gasteiger partial charge in [0.05, 0.1) is 17.9 Å². The first-order valence-electron chi connectivity index (χ1n) is 8.45. The van der Waals surface area contributed by atoms with Crippen LogP contribution in [0.2, 0.25) is 0 Å². The van der Waals surface area contributed by atoms with Crippen LogP contribution in [-0.4, -0.2) is 35.8 Å². The van der Waals surface area contributed by atoms with E-state index in [1.165, 1.54) is 12.1 Å². The van der Waals surface area contributed by atoms with Crippen LogP contribution in [-0.2, 0) is 16.1 Å². The van der Waals surface area contributed by atoms with E-state index in [4.69, 9.17) is 0 Å². The Labute approximate surface area is 152 Å². The highest BCUT2D eigenvalue weighted by Gasteiger charge is 2.43. The fraction of sp³-hybridized carbons (Fsp3) is 0.300. The fourth-order valence-corrected chi connectivity index (χ4v) is 3.16. The molecule has 0 radical (unpaired) electrons. The van der Waals surface area contributed by atoms with Gasteiger partial charge < -0.3 is 5.32 Å². The van der Waals surface area contributed by atoms with Gasteiger partial charge in [0.1, 0.15) is 11.4 Å². The van der Waals surface area contributed by atoms with Crippen molar-refractivity contribution < 1.29 is 14.0 Å². The second-order valence-corrected chi connectivity index (χ2v) is 7.06. The average Bonchev–Trinajstić information content (AvgIpc) is 2.57. The van der Waals surface area contributed by atoms with Gasteiger partial charge in [-0.25, -0.2) is 4.39 Å². The van der Waals surface area contributed by atoms with Crippen molar-refractivity contribution in [3.63, 3.8) is 0 Å². The van der Waals surface area contributed by atoms with Crippen LogP contribution in [0.25, 0.3) is 0 Å². The van der Waals surface area contributed by atoms with Gasteiger partial charge >= 0.3 is 0 Å². The zero-order valence-corrected chi connectivity index (χ0v) is 15.1. The van der Waals surface area contributed by atoms with Gasteiger partial charge in [-0.1, -0.05) is 24.3 Å². The molecule has 0 aromatic heterocycles. The van der Waals surface area contributed by atoms with Gasteiger partial charge in [-0.15, -0.1) is 0 Å². The van der Waals surface area contributed by atoms with Gasteiger partial charge in [0.15, 0.2) is 0 Å². The summed E-state index contributed by atoms with van der Waals surface area (Å²) in [7, 11) is 1.82. The number of hydrogen-bond donors (Lipinski definition) is 1. The summed E-state index contributed by atoms with van der Waals surface area (Å²) < 4.78 is 13.0. The molecule has 1 aliphatic rings. The van der Waals surface area contributed by atoms with Crippen molar-refractivity contribution >= 4 is 23.2 Å². The minimum absolute atomic E-state index is 0.141. The van der Waals surface area contributed by atoms with Crippen LogP contribution in [0, 0.1) is 5.82 Å². The van der Waals surface area contributed by atoms with Gasteiger partial charge in [-0.2, -0.15) is 0 Å². The number of anilines is 2. The van der Waals surface area contributed by atoms with E-state index in [-0.39, 0.29) is 24.2 Å². The number of para-hydroxylation sites is 2. The van der Waals surface area contributed by atoms with Crippen molar-refractivity contribution in [1.29, 1.82) is 0 Å². The molecule has 3 rings (SSSR count). The number of nitrogens with zero attached hydrogens (tertiary/aromatic N) is 2. The number of rotatable bonds is 4. The van der Waals surface area contributed by atoms with Gasteiger partial charge in [-0.3, -0.25) is 19.4 Å². The minimum Gasteiger partial charge on any atom is -0.322 e. The smallest absolute Gasteiger partial charge is 0.250 e. The van der Waals surface area contributed by atoms with E-state index in [1.54, 1.807) is 36.9 Å². The van der Waals surface area contributed by atoms with Crippen LogP contribution in [0.3, 0.4) is 0 Å². The zero-order chi connectivity index (χ0) is 18.9. The minimum atomic E-state index is -0.984. The second kappa shape index (κ2) is 6.88. The number of carbonyl (C=O) groups excluding carboxylic acids is 2. The lowest BCUT2D eigenvalue weighted by atomic mass is 9.96. The Balaban J connectivity index is 1.79. The highest BCUT2D eigenvalue weighted by atomic mass is 19.1. The predicted molar refractivity (Wildman–Crippen MR) is 99.4 cm³/mol. The van der Waals surface area contributed by atoms with Gasteiger partial charge in [0.25, 0.3) is 0 Å². The normalized spacial score (nSPS) is 15.6. The van der Waals surface area contributed by atoms with Crippen LogP contribution in [0.1, 0.15) is 19.4 Å². The maximum absolute atomic E-state index is 13.0. The number of likely N-dealkylation sites (N-methyl/N-ethyl adjacent to an activating group) is 1. The molecular weight excluding hydrogens is 333 g/mol. The first-order chi connectivity index (χ1) is 12.3. The largest absolute Gasteiger partial charge is 0.322 e. The van der Waals surface area contributed by atoms with Crippen molar-refractivity contribution in [2.45, 2.75) is 25.9 Å². The molecule has 26 heavy (non-hydrogen) atoms. The molecule has 0 saturated carbocycles. The molecule has 136 valence electrons. The molecule has 2 aromatic rings. The number of nitrogens with one attached hydrogen (secondary N) is 1. The highest BCUT2D eigenvalue weighted by molar-refractivity contribution is 6.14. The lowest BCUT2D eigenvalue weighted by molar-refractivity contribution is -0.127. The molecule has 1 N–H and O–H groups in total. The highest BCUT2D eigenvalue weighted by Crippen LogP contribution is 2.36. The third kappa shape index (κ3) is 3.46. The first-order valence-corrected chi connectivity index (χ1v) is 8.45. The fourth-order valence-electron chi connectivity index (χ4n) is 3.16. The summed E-state index contributed by atoms with van der Waals surface area (Å²) in [6, 6.07) is 13.5. The summed E-state index contributed by atoms with van der Waals surface area (Å²) in [6.45, 7) is 4.11. The molecule has 0 atom stereocenters. The molecule has 0 aliphatic carbocycles. The molecule has 0 saturated heterocycles. The number of carbonyl (C=O) groups is 2. The number of fused-ring (bicyclic) bond motifs is 1. The Morgan fingerprint density at radius 3 is 2.50 bits per heavy atom. The molecule has 1 heterocycles. The Kier molecular flexibility index (Phi) is 4.78. The van der Waals surface area contributed by atoms with Crippen molar-refractivity contribution in [2.24, 2.45) is 0 Å². The van der Waals surface area contributed by atoms with E-state index in [0.29, 0.717) is 17.9 Å². The Morgan fingerprint density at radius 2 is 1.81 bits per heavy atom. The first kappa shape index (κ1) is 18.1. The maximum atomic E-state index is 13.0. The number of halogens is 1. The molecule has 0 fully saturated rings. The molecule has 0 bridgehead atoms. The van der Waals surface area contributed by atoms with E-state index in [9.17, 15) is 14.0 Å². The summed E-state index contributed by atoms with van der Waals surface area (Å²) in [5.41, 5.74) is 1.25. The quantitative estimate of drug-likeness (QED) is 0.917. The predicted octanol–water partition coefficient (Wildman–Crippen LogP) is 3.02. The summed E-state index contributed by atoms with van der Waals surface area (Å²) in [5.74, 6) is -0.669. The monoisotopic (exact) mass is 355 g/mol. The van der Waals surface area contributed by atoms with Gasteiger partial charge in [0.2, 0.25) is 11.8 Å². The van der Waals surface area contributed by atoms with Gasteiger partial charge in [0, 0.05) is 6.54 Å². The molecule has 0 spiro atoms.